The van der Waals surface area contributed by atoms with Gasteiger partial charge in [0, 0.05) is 5.69 Å². The molecule has 3 rings (SSSR count). The fourth-order valence-electron chi connectivity index (χ4n) is 2.31. The number of hydrogen-bond donors (Lipinski definition) is 1. The van der Waals surface area contributed by atoms with Crippen molar-refractivity contribution in [2.24, 2.45) is 0 Å². The van der Waals surface area contributed by atoms with Gasteiger partial charge in [-0.1, -0.05) is 30.3 Å². The van der Waals surface area contributed by atoms with Crippen LogP contribution < -0.4 is 5.32 Å². The second-order valence-electron chi connectivity index (χ2n) is 5.65. The fourth-order valence-corrected chi connectivity index (χ4v) is 3.10. The van der Waals surface area contributed by atoms with Gasteiger partial charge in [0.05, 0.1) is 16.7 Å². The summed E-state index contributed by atoms with van der Waals surface area (Å²) in [6.45, 7) is 3.88. The molecule has 1 unspecified atom stereocenters. The predicted octanol–water partition coefficient (Wildman–Crippen LogP) is 3.23. The third kappa shape index (κ3) is 4.45. The zero-order chi connectivity index (χ0) is 17.6. The van der Waals surface area contributed by atoms with Gasteiger partial charge in [-0.05, 0) is 54.1 Å². The Kier molecular flexibility index (Phi) is 5.45. The molecule has 0 saturated heterocycles. The van der Waals surface area contributed by atoms with Crippen molar-refractivity contribution in [1.82, 2.24) is 20.2 Å². The largest absolute Gasteiger partial charge is 0.325 e. The smallest absolute Gasteiger partial charge is 0.237 e. The highest BCUT2D eigenvalue weighted by Gasteiger charge is 2.16. The molecule has 128 valence electrons. The van der Waals surface area contributed by atoms with E-state index >= 15 is 0 Å². The predicted molar refractivity (Wildman–Crippen MR) is 99.7 cm³/mol. The number of benzene rings is 2. The minimum absolute atomic E-state index is 0.0330. The minimum Gasteiger partial charge on any atom is -0.325 e. The molecule has 0 radical (unpaired) electrons. The van der Waals surface area contributed by atoms with Gasteiger partial charge in [0.2, 0.25) is 5.91 Å². The number of thioether (sulfide) groups is 1. The van der Waals surface area contributed by atoms with Crippen LogP contribution in [0, 0.1) is 6.92 Å². The number of para-hydroxylation sites is 1. The van der Waals surface area contributed by atoms with Crippen LogP contribution in [0.2, 0.25) is 0 Å². The van der Waals surface area contributed by atoms with Crippen LogP contribution in [0.1, 0.15) is 18.3 Å². The number of nitrogens with zero attached hydrogens (tertiary/aromatic N) is 4. The highest BCUT2D eigenvalue weighted by molar-refractivity contribution is 7.99. The third-order valence-electron chi connectivity index (χ3n) is 3.65. The van der Waals surface area contributed by atoms with Crippen LogP contribution in [-0.4, -0.2) is 31.4 Å². The number of aryl methyl sites for hydroxylation is 1. The van der Waals surface area contributed by atoms with E-state index in [-0.39, 0.29) is 11.2 Å². The molecule has 3 aromatic rings. The van der Waals surface area contributed by atoms with Gasteiger partial charge in [0.15, 0.2) is 5.82 Å². The van der Waals surface area contributed by atoms with E-state index in [1.807, 2.05) is 68.4 Å². The van der Waals surface area contributed by atoms with Crippen molar-refractivity contribution in [2.45, 2.75) is 24.9 Å². The average molecular weight is 353 g/mol. The SMILES string of the molecule is Cc1cccc(NC(=O)C(C)SCc2nnnn2-c2ccccc2)c1. The van der Waals surface area contributed by atoms with Crippen LogP contribution in [0.3, 0.4) is 0 Å². The van der Waals surface area contributed by atoms with Gasteiger partial charge in [-0.2, -0.15) is 4.68 Å². The molecule has 1 aromatic heterocycles. The van der Waals surface area contributed by atoms with Crippen molar-refractivity contribution < 1.29 is 4.79 Å². The highest BCUT2D eigenvalue weighted by atomic mass is 32.2. The molecule has 0 saturated carbocycles. The van der Waals surface area contributed by atoms with Gasteiger partial charge < -0.3 is 5.32 Å². The van der Waals surface area contributed by atoms with Gasteiger partial charge in [0.1, 0.15) is 0 Å². The number of tetrazole rings is 1. The van der Waals surface area contributed by atoms with Gasteiger partial charge in [0.25, 0.3) is 0 Å². The molecule has 6 nitrogen and oxygen atoms in total. The normalized spacial score (nSPS) is 11.9. The van der Waals surface area contributed by atoms with Crippen molar-refractivity contribution in [3.05, 3.63) is 66.0 Å². The molecule has 0 aliphatic carbocycles. The average Bonchev–Trinajstić information content (AvgIpc) is 3.09. The van der Waals surface area contributed by atoms with Crippen LogP contribution in [0.25, 0.3) is 5.69 Å². The number of nitrogens with one attached hydrogen (secondary N) is 1. The summed E-state index contributed by atoms with van der Waals surface area (Å²) >= 11 is 1.50. The van der Waals surface area contributed by atoms with Gasteiger partial charge in [-0.15, -0.1) is 16.9 Å². The maximum atomic E-state index is 12.3. The summed E-state index contributed by atoms with van der Waals surface area (Å²) in [5.74, 6) is 1.23. The molecule has 0 aliphatic heterocycles. The maximum absolute atomic E-state index is 12.3. The molecule has 2 aromatic carbocycles. The first-order valence-corrected chi connectivity index (χ1v) is 9.00. The molecule has 0 spiro atoms. The standard InChI is InChI=1S/C18H19N5OS/c1-13-7-6-8-15(11-13)19-18(24)14(2)25-12-17-20-21-22-23(17)16-9-4-3-5-10-16/h3-11,14H,12H2,1-2H3,(H,19,24). The summed E-state index contributed by atoms with van der Waals surface area (Å²) in [7, 11) is 0. The van der Waals surface area contributed by atoms with Crippen molar-refractivity contribution in [3.63, 3.8) is 0 Å². The molecule has 1 atom stereocenters. The lowest BCUT2D eigenvalue weighted by molar-refractivity contribution is -0.115. The quantitative estimate of drug-likeness (QED) is 0.736. The first-order chi connectivity index (χ1) is 12.1. The third-order valence-corrected chi connectivity index (χ3v) is 4.79. The van der Waals surface area contributed by atoms with E-state index in [0.29, 0.717) is 11.6 Å². The molecule has 1 heterocycles. The fraction of sp³-hybridized carbons (Fsp3) is 0.222. The number of rotatable bonds is 6. The van der Waals surface area contributed by atoms with Crippen molar-refractivity contribution in [2.75, 3.05) is 5.32 Å². The molecular weight excluding hydrogens is 334 g/mol. The Bertz CT molecular complexity index is 849. The van der Waals surface area contributed by atoms with Crippen LogP contribution in [-0.2, 0) is 10.5 Å². The maximum Gasteiger partial charge on any atom is 0.237 e. The lowest BCUT2D eigenvalue weighted by atomic mass is 10.2. The van der Waals surface area contributed by atoms with E-state index in [1.165, 1.54) is 11.8 Å². The van der Waals surface area contributed by atoms with E-state index < -0.39 is 0 Å². The Hall–Kier alpha value is -2.67. The van der Waals surface area contributed by atoms with E-state index in [0.717, 1.165) is 16.9 Å². The molecule has 1 amide bonds. The zero-order valence-corrected chi connectivity index (χ0v) is 14.9. The minimum atomic E-state index is -0.221. The molecule has 25 heavy (non-hydrogen) atoms. The number of aromatic nitrogens is 4. The lowest BCUT2D eigenvalue weighted by Gasteiger charge is -2.12. The van der Waals surface area contributed by atoms with Crippen molar-refractivity contribution in [3.8, 4) is 5.69 Å². The molecular formula is C18H19N5OS. The molecule has 0 fully saturated rings. The Morgan fingerprint density at radius 1 is 1.20 bits per heavy atom. The Morgan fingerprint density at radius 2 is 2.00 bits per heavy atom. The summed E-state index contributed by atoms with van der Waals surface area (Å²) < 4.78 is 1.69. The summed E-state index contributed by atoms with van der Waals surface area (Å²) in [5, 5.41) is 14.6. The Balaban J connectivity index is 1.60. The van der Waals surface area contributed by atoms with Crippen molar-refractivity contribution >= 4 is 23.4 Å². The van der Waals surface area contributed by atoms with Crippen molar-refractivity contribution in [1.29, 1.82) is 0 Å². The zero-order valence-electron chi connectivity index (χ0n) is 14.1. The number of anilines is 1. The van der Waals surface area contributed by atoms with Crippen LogP contribution in [0.15, 0.2) is 54.6 Å². The number of carbonyl (C=O) groups excluding carboxylic acids is 1. The van der Waals surface area contributed by atoms with E-state index in [4.69, 9.17) is 0 Å². The van der Waals surface area contributed by atoms with Crippen LogP contribution >= 0.6 is 11.8 Å². The lowest BCUT2D eigenvalue weighted by Crippen LogP contribution is -2.22. The number of amides is 1. The van der Waals surface area contributed by atoms with Gasteiger partial charge in [-0.3, -0.25) is 4.79 Å². The molecule has 0 aliphatic rings. The van der Waals surface area contributed by atoms with Crippen LogP contribution in [0.5, 0.6) is 0 Å². The summed E-state index contributed by atoms with van der Waals surface area (Å²) in [4.78, 5) is 12.3. The summed E-state index contributed by atoms with van der Waals surface area (Å²) in [6, 6.07) is 17.5. The first kappa shape index (κ1) is 17.2. The van der Waals surface area contributed by atoms with E-state index in [9.17, 15) is 4.79 Å². The van der Waals surface area contributed by atoms with Gasteiger partial charge >= 0.3 is 0 Å². The second-order valence-corrected chi connectivity index (χ2v) is 6.98. The monoisotopic (exact) mass is 353 g/mol. The highest BCUT2D eigenvalue weighted by Crippen LogP contribution is 2.20. The van der Waals surface area contributed by atoms with E-state index in [2.05, 4.69) is 20.8 Å². The van der Waals surface area contributed by atoms with E-state index in [1.54, 1.807) is 4.68 Å². The Morgan fingerprint density at radius 3 is 2.76 bits per heavy atom. The van der Waals surface area contributed by atoms with Crippen LogP contribution in [0.4, 0.5) is 5.69 Å². The second kappa shape index (κ2) is 7.94. The number of hydrogen-bond acceptors (Lipinski definition) is 5. The molecule has 0 bridgehead atoms. The number of carbonyl (C=O) groups is 1. The Labute approximate surface area is 150 Å². The van der Waals surface area contributed by atoms with Gasteiger partial charge in [-0.25, -0.2) is 0 Å². The molecule has 1 N–H and O–H groups in total. The summed E-state index contributed by atoms with van der Waals surface area (Å²) in [6.07, 6.45) is 0. The summed E-state index contributed by atoms with van der Waals surface area (Å²) in [5.41, 5.74) is 2.83. The molecule has 7 heteroatoms. The topological polar surface area (TPSA) is 72.7 Å². The first-order valence-electron chi connectivity index (χ1n) is 7.95.